The van der Waals surface area contributed by atoms with Crippen LogP contribution in [-0.2, 0) is 18.4 Å². The minimum absolute atomic E-state index is 0.276. The van der Waals surface area contributed by atoms with Crippen molar-refractivity contribution in [3.05, 3.63) is 63.1 Å². The van der Waals surface area contributed by atoms with Crippen molar-refractivity contribution in [2.45, 2.75) is 19.5 Å². The Morgan fingerprint density at radius 2 is 2.08 bits per heavy atom. The van der Waals surface area contributed by atoms with Gasteiger partial charge in [0.2, 0.25) is 5.91 Å². The van der Waals surface area contributed by atoms with Crippen LogP contribution in [0.3, 0.4) is 0 Å². The number of nitrogens with one attached hydrogen (secondary N) is 2. The van der Waals surface area contributed by atoms with Gasteiger partial charge in [0.25, 0.3) is 5.56 Å². The molecule has 0 aliphatic carbocycles. The second-order valence-electron chi connectivity index (χ2n) is 5.60. The van der Waals surface area contributed by atoms with Crippen LogP contribution < -0.4 is 16.6 Å². The van der Waals surface area contributed by atoms with E-state index in [1.807, 2.05) is 6.92 Å². The minimum Gasteiger partial charge on any atom is -0.348 e. The summed E-state index contributed by atoms with van der Waals surface area (Å²) >= 11 is 0. The van der Waals surface area contributed by atoms with Crippen LogP contribution in [0.2, 0.25) is 0 Å². The fourth-order valence-corrected chi connectivity index (χ4v) is 2.52. The van der Waals surface area contributed by atoms with Gasteiger partial charge in [-0.25, -0.2) is 4.79 Å². The largest absolute Gasteiger partial charge is 0.348 e. The Labute approximate surface area is 136 Å². The average Bonchev–Trinajstić information content (AvgIpc) is 2.98. The molecule has 0 aliphatic heterocycles. The molecule has 0 radical (unpaired) electrons. The second-order valence-corrected chi connectivity index (χ2v) is 5.60. The minimum atomic E-state index is -0.608. The van der Waals surface area contributed by atoms with Crippen LogP contribution >= 0.6 is 0 Å². The molecule has 0 saturated carbocycles. The molecular weight excluding hydrogens is 310 g/mol. The van der Waals surface area contributed by atoms with Crippen LogP contribution in [-0.4, -0.2) is 25.2 Å². The number of hydrogen-bond donors (Lipinski definition) is 2. The topological polar surface area (TPSA) is 102 Å². The van der Waals surface area contributed by atoms with Crippen LogP contribution in [0, 0.1) is 0 Å². The Bertz CT molecular complexity index is 1010. The lowest BCUT2D eigenvalue weighted by atomic mass is 10.2. The number of nitrogens with zero attached hydrogens (tertiary/aromatic N) is 3. The molecule has 2 aromatic heterocycles. The second kappa shape index (κ2) is 6.15. The zero-order valence-corrected chi connectivity index (χ0v) is 13.3. The van der Waals surface area contributed by atoms with Crippen molar-refractivity contribution in [1.82, 2.24) is 24.6 Å². The van der Waals surface area contributed by atoms with Gasteiger partial charge < -0.3 is 10.3 Å². The lowest BCUT2D eigenvalue weighted by Crippen LogP contribution is -2.41. The van der Waals surface area contributed by atoms with Crippen molar-refractivity contribution < 1.29 is 4.79 Å². The van der Waals surface area contributed by atoms with E-state index in [0.717, 1.165) is 10.1 Å². The van der Waals surface area contributed by atoms with E-state index in [2.05, 4.69) is 15.4 Å². The van der Waals surface area contributed by atoms with E-state index in [0.29, 0.717) is 10.9 Å². The molecule has 3 rings (SSSR count). The standard InChI is InChI=1S/C16H17N5O3/c1-10(11-7-17-20(2)8-11)18-14(22)9-21-15(23)12-5-3-4-6-13(12)19-16(21)24/h3-8,10H,9H2,1-2H3,(H,18,22)(H,19,24). The van der Waals surface area contributed by atoms with Gasteiger partial charge >= 0.3 is 5.69 Å². The van der Waals surface area contributed by atoms with Gasteiger partial charge in [-0.2, -0.15) is 5.10 Å². The van der Waals surface area contributed by atoms with Crippen LogP contribution in [0.4, 0.5) is 0 Å². The molecule has 1 amide bonds. The van der Waals surface area contributed by atoms with Crippen molar-refractivity contribution in [2.75, 3.05) is 0 Å². The summed E-state index contributed by atoms with van der Waals surface area (Å²) in [6, 6.07) is 6.41. The molecule has 1 atom stereocenters. The van der Waals surface area contributed by atoms with Gasteiger partial charge in [-0.15, -0.1) is 0 Å². The molecule has 3 aromatic rings. The maximum Gasteiger partial charge on any atom is 0.329 e. The van der Waals surface area contributed by atoms with Crippen molar-refractivity contribution >= 4 is 16.8 Å². The summed E-state index contributed by atoms with van der Waals surface area (Å²) in [6.45, 7) is 1.46. The number of rotatable bonds is 4. The molecule has 0 bridgehead atoms. The predicted molar refractivity (Wildman–Crippen MR) is 88.6 cm³/mol. The van der Waals surface area contributed by atoms with E-state index >= 15 is 0 Å². The lowest BCUT2D eigenvalue weighted by Gasteiger charge is -2.13. The number of benzene rings is 1. The molecule has 2 heterocycles. The number of para-hydroxylation sites is 1. The molecule has 8 heteroatoms. The first-order valence-corrected chi connectivity index (χ1v) is 7.45. The smallest absolute Gasteiger partial charge is 0.329 e. The van der Waals surface area contributed by atoms with Gasteiger partial charge in [0.05, 0.1) is 23.1 Å². The van der Waals surface area contributed by atoms with Gasteiger partial charge in [0, 0.05) is 18.8 Å². The highest BCUT2D eigenvalue weighted by Gasteiger charge is 2.14. The molecule has 1 unspecified atom stereocenters. The molecular formula is C16H17N5O3. The third kappa shape index (κ3) is 2.98. The zero-order chi connectivity index (χ0) is 17.3. The molecule has 0 aliphatic rings. The van der Waals surface area contributed by atoms with Crippen LogP contribution in [0.15, 0.2) is 46.2 Å². The molecule has 2 N–H and O–H groups in total. The summed E-state index contributed by atoms with van der Waals surface area (Å²) in [5.74, 6) is -0.422. The summed E-state index contributed by atoms with van der Waals surface area (Å²) in [7, 11) is 1.78. The summed E-state index contributed by atoms with van der Waals surface area (Å²) < 4.78 is 2.53. The molecule has 0 saturated heterocycles. The Kier molecular flexibility index (Phi) is 4.03. The van der Waals surface area contributed by atoms with Crippen molar-refractivity contribution in [3.8, 4) is 0 Å². The van der Waals surface area contributed by atoms with Gasteiger partial charge in [-0.3, -0.25) is 18.8 Å². The summed E-state index contributed by atoms with van der Waals surface area (Å²) in [4.78, 5) is 39.3. The van der Waals surface area contributed by atoms with Crippen LogP contribution in [0.25, 0.3) is 10.9 Å². The molecule has 124 valence electrons. The monoisotopic (exact) mass is 327 g/mol. The Morgan fingerprint density at radius 1 is 1.33 bits per heavy atom. The van der Waals surface area contributed by atoms with E-state index in [4.69, 9.17) is 0 Å². The number of hydrogen-bond acceptors (Lipinski definition) is 4. The Hall–Kier alpha value is -3.16. The highest BCUT2D eigenvalue weighted by atomic mass is 16.2. The summed E-state index contributed by atoms with van der Waals surface area (Å²) in [5.41, 5.74) is 0.194. The van der Waals surface area contributed by atoms with Crippen LogP contribution in [0.5, 0.6) is 0 Å². The van der Waals surface area contributed by atoms with Crippen molar-refractivity contribution in [1.29, 1.82) is 0 Å². The maximum atomic E-state index is 12.4. The molecule has 24 heavy (non-hydrogen) atoms. The predicted octanol–water partition coefficient (Wildman–Crippen LogP) is 0.301. The molecule has 0 spiro atoms. The number of H-pyrrole nitrogens is 1. The third-order valence-corrected chi connectivity index (χ3v) is 3.79. The quantitative estimate of drug-likeness (QED) is 0.719. The van der Waals surface area contributed by atoms with E-state index in [9.17, 15) is 14.4 Å². The highest BCUT2D eigenvalue weighted by Crippen LogP contribution is 2.10. The first kappa shape index (κ1) is 15.7. The molecule has 1 aromatic carbocycles. The van der Waals surface area contributed by atoms with Crippen molar-refractivity contribution in [2.24, 2.45) is 7.05 Å². The van der Waals surface area contributed by atoms with E-state index in [1.54, 1.807) is 48.4 Å². The zero-order valence-electron chi connectivity index (χ0n) is 13.3. The van der Waals surface area contributed by atoms with Gasteiger partial charge in [0.15, 0.2) is 0 Å². The van der Waals surface area contributed by atoms with E-state index < -0.39 is 17.2 Å². The van der Waals surface area contributed by atoms with Gasteiger partial charge in [-0.05, 0) is 19.1 Å². The Morgan fingerprint density at radius 3 is 2.79 bits per heavy atom. The molecule has 8 nitrogen and oxygen atoms in total. The number of aromatic nitrogens is 4. The highest BCUT2D eigenvalue weighted by molar-refractivity contribution is 5.79. The van der Waals surface area contributed by atoms with Crippen molar-refractivity contribution in [3.63, 3.8) is 0 Å². The summed E-state index contributed by atoms with van der Waals surface area (Å²) in [6.07, 6.45) is 3.44. The first-order chi connectivity index (χ1) is 11.5. The number of fused-ring (bicyclic) bond motifs is 1. The Balaban J connectivity index is 1.83. The normalized spacial score (nSPS) is 12.2. The average molecular weight is 327 g/mol. The number of amides is 1. The van der Waals surface area contributed by atoms with E-state index in [-0.39, 0.29) is 12.6 Å². The number of carbonyl (C=O) groups excluding carboxylic acids is 1. The fraction of sp³-hybridized carbons (Fsp3) is 0.250. The van der Waals surface area contributed by atoms with E-state index in [1.165, 1.54) is 0 Å². The van der Waals surface area contributed by atoms with Gasteiger partial charge in [0.1, 0.15) is 6.54 Å². The number of carbonyl (C=O) groups is 1. The first-order valence-electron chi connectivity index (χ1n) is 7.45. The van der Waals surface area contributed by atoms with Gasteiger partial charge in [-0.1, -0.05) is 12.1 Å². The molecule has 0 fully saturated rings. The lowest BCUT2D eigenvalue weighted by molar-refractivity contribution is -0.122. The third-order valence-electron chi connectivity index (χ3n) is 3.79. The summed E-state index contributed by atoms with van der Waals surface area (Å²) in [5, 5.41) is 7.17. The maximum absolute atomic E-state index is 12.4. The van der Waals surface area contributed by atoms with Crippen LogP contribution in [0.1, 0.15) is 18.5 Å². The number of aryl methyl sites for hydroxylation is 1. The SMILES string of the molecule is CC(NC(=O)Cn1c(=O)[nH]c2ccccc2c1=O)c1cnn(C)c1. The number of aromatic amines is 1. The fourth-order valence-electron chi connectivity index (χ4n) is 2.52.